The molecule has 0 bridgehead atoms. The Morgan fingerprint density at radius 2 is 1.94 bits per heavy atom. The summed E-state index contributed by atoms with van der Waals surface area (Å²) in [6.07, 6.45) is 2.93. The van der Waals surface area contributed by atoms with E-state index in [-0.39, 0.29) is 5.91 Å². The van der Waals surface area contributed by atoms with E-state index in [1.807, 2.05) is 24.3 Å². The summed E-state index contributed by atoms with van der Waals surface area (Å²) in [6, 6.07) is 8.08. The summed E-state index contributed by atoms with van der Waals surface area (Å²) in [7, 11) is 1.66. The number of carbonyl (C=O) groups excluding carboxylic acids is 1. The third-order valence-corrected chi connectivity index (χ3v) is 3.03. The molecular weight excluding hydrogens is 224 g/mol. The summed E-state index contributed by atoms with van der Waals surface area (Å²) < 4.78 is 0. The Hall–Kier alpha value is -1.51. The normalized spacial score (nSPS) is 11.9. The fraction of sp³-hybridized carbons (Fsp3) is 0.533. The third kappa shape index (κ3) is 5.21. The minimum atomic E-state index is 0.0484. The van der Waals surface area contributed by atoms with Crippen LogP contribution in [0.4, 0.5) is 5.69 Å². The number of hydrogen-bond donors (Lipinski definition) is 2. The van der Waals surface area contributed by atoms with Gasteiger partial charge in [-0.15, -0.1) is 0 Å². The van der Waals surface area contributed by atoms with E-state index in [9.17, 15) is 4.79 Å². The SMILES string of the molecule is CCCC(C)CNc1ccc(CC(=O)NC)cc1. The monoisotopic (exact) mass is 248 g/mol. The molecule has 100 valence electrons. The summed E-state index contributed by atoms with van der Waals surface area (Å²) in [5.74, 6) is 0.743. The van der Waals surface area contributed by atoms with Crippen molar-refractivity contribution < 1.29 is 4.79 Å². The topological polar surface area (TPSA) is 41.1 Å². The molecular formula is C15H24N2O. The molecule has 1 aromatic carbocycles. The highest BCUT2D eigenvalue weighted by Gasteiger charge is 2.02. The molecule has 3 heteroatoms. The molecule has 0 aliphatic carbocycles. The predicted molar refractivity (Wildman–Crippen MR) is 76.8 cm³/mol. The molecule has 1 atom stereocenters. The van der Waals surface area contributed by atoms with Crippen molar-refractivity contribution in [1.82, 2.24) is 5.32 Å². The van der Waals surface area contributed by atoms with Crippen molar-refractivity contribution in [2.24, 2.45) is 5.92 Å². The molecule has 1 rings (SSSR count). The van der Waals surface area contributed by atoms with Crippen LogP contribution < -0.4 is 10.6 Å². The summed E-state index contributed by atoms with van der Waals surface area (Å²) in [6.45, 7) is 5.48. The van der Waals surface area contributed by atoms with Crippen molar-refractivity contribution in [3.8, 4) is 0 Å². The number of nitrogens with one attached hydrogen (secondary N) is 2. The van der Waals surface area contributed by atoms with E-state index in [2.05, 4.69) is 24.5 Å². The van der Waals surface area contributed by atoms with Gasteiger partial charge in [-0.1, -0.05) is 32.4 Å². The summed E-state index contributed by atoms with van der Waals surface area (Å²) in [4.78, 5) is 11.2. The highest BCUT2D eigenvalue weighted by atomic mass is 16.1. The number of carbonyl (C=O) groups is 1. The minimum absolute atomic E-state index is 0.0484. The van der Waals surface area contributed by atoms with Crippen LogP contribution in [0.25, 0.3) is 0 Å². The second kappa shape index (κ2) is 7.75. The van der Waals surface area contributed by atoms with Gasteiger partial charge in [0.2, 0.25) is 5.91 Å². The van der Waals surface area contributed by atoms with E-state index in [1.54, 1.807) is 7.05 Å². The molecule has 3 nitrogen and oxygen atoms in total. The van der Waals surface area contributed by atoms with Gasteiger partial charge in [0.1, 0.15) is 0 Å². The first-order valence-corrected chi connectivity index (χ1v) is 6.69. The van der Waals surface area contributed by atoms with Crippen molar-refractivity contribution in [2.75, 3.05) is 18.9 Å². The molecule has 0 fully saturated rings. The Kier molecular flexibility index (Phi) is 6.26. The van der Waals surface area contributed by atoms with Gasteiger partial charge < -0.3 is 10.6 Å². The Balaban J connectivity index is 2.42. The molecule has 1 amide bonds. The zero-order valence-electron chi connectivity index (χ0n) is 11.6. The third-order valence-electron chi connectivity index (χ3n) is 3.03. The zero-order chi connectivity index (χ0) is 13.4. The fourth-order valence-electron chi connectivity index (χ4n) is 1.90. The van der Waals surface area contributed by atoms with Gasteiger partial charge in [-0.25, -0.2) is 0 Å². The van der Waals surface area contributed by atoms with Crippen molar-refractivity contribution in [2.45, 2.75) is 33.1 Å². The van der Waals surface area contributed by atoms with Crippen molar-refractivity contribution in [3.05, 3.63) is 29.8 Å². The fourth-order valence-corrected chi connectivity index (χ4v) is 1.90. The average Bonchev–Trinajstić information content (AvgIpc) is 2.38. The summed E-state index contributed by atoms with van der Waals surface area (Å²) in [5.41, 5.74) is 2.17. The summed E-state index contributed by atoms with van der Waals surface area (Å²) in [5, 5.41) is 6.05. The van der Waals surface area contributed by atoms with Crippen molar-refractivity contribution in [3.63, 3.8) is 0 Å². The molecule has 18 heavy (non-hydrogen) atoms. The molecule has 0 saturated carbocycles. The first-order valence-electron chi connectivity index (χ1n) is 6.69. The van der Waals surface area contributed by atoms with Crippen LogP contribution >= 0.6 is 0 Å². The average molecular weight is 248 g/mol. The van der Waals surface area contributed by atoms with Gasteiger partial charge in [0.15, 0.2) is 0 Å². The molecule has 0 aromatic heterocycles. The van der Waals surface area contributed by atoms with Crippen molar-refractivity contribution in [1.29, 1.82) is 0 Å². The van der Waals surface area contributed by atoms with Crippen LogP contribution in [0, 0.1) is 5.92 Å². The lowest BCUT2D eigenvalue weighted by atomic mass is 10.1. The minimum Gasteiger partial charge on any atom is -0.385 e. The Morgan fingerprint density at radius 3 is 2.50 bits per heavy atom. The van der Waals surface area contributed by atoms with Crippen LogP contribution in [-0.2, 0) is 11.2 Å². The van der Waals surface area contributed by atoms with Gasteiger partial charge in [-0.2, -0.15) is 0 Å². The Labute approximate surface area is 110 Å². The molecule has 1 unspecified atom stereocenters. The molecule has 0 radical (unpaired) electrons. The second-order valence-corrected chi connectivity index (χ2v) is 4.82. The van der Waals surface area contributed by atoms with Crippen LogP contribution in [-0.4, -0.2) is 19.5 Å². The number of benzene rings is 1. The van der Waals surface area contributed by atoms with Gasteiger partial charge in [0.25, 0.3) is 0 Å². The molecule has 0 heterocycles. The first-order chi connectivity index (χ1) is 8.65. The first kappa shape index (κ1) is 14.6. The number of hydrogen-bond acceptors (Lipinski definition) is 2. The molecule has 2 N–H and O–H groups in total. The second-order valence-electron chi connectivity index (χ2n) is 4.82. The van der Waals surface area contributed by atoms with Crippen LogP contribution in [0.15, 0.2) is 24.3 Å². The Morgan fingerprint density at radius 1 is 1.28 bits per heavy atom. The van der Waals surface area contributed by atoms with E-state index in [1.165, 1.54) is 12.8 Å². The maximum atomic E-state index is 11.2. The van der Waals surface area contributed by atoms with Crippen LogP contribution in [0.2, 0.25) is 0 Å². The van der Waals surface area contributed by atoms with E-state index in [4.69, 9.17) is 0 Å². The van der Waals surface area contributed by atoms with E-state index in [0.717, 1.165) is 17.8 Å². The van der Waals surface area contributed by atoms with Gasteiger partial charge in [-0.3, -0.25) is 4.79 Å². The highest BCUT2D eigenvalue weighted by Crippen LogP contribution is 2.12. The molecule has 0 saturated heterocycles. The summed E-state index contributed by atoms with van der Waals surface area (Å²) >= 11 is 0. The van der Waals surface area contributed by atoms with E-state index in [0.29, 0.717) is 12.3 Å². The highest BCUT2D eigenvalue weighted by molar-refractivity contribution is 5.78. The van der Waals surface area contributed by atoms with Gasteiger partial charge in [-0.05, 0) is 30.0 Å². The largest absolute Gasteiger partial charge is 0.385 e. The molecule has 0 spiro atoms. The van der Waals surface area contributed by atoms with Gasteiger partial charge >= 0.3 is 0 Å². The Bertz CT molecular complexity index is 359. The molecule has 0 aliphatic rings. The van der Waals surface area contributed by atoms with Crippen LogP contribution in [0.5, 0.6) is 0 Å². The lowest BCUT2D eigenvalue weighted by Crippen LogP contribution is -2.19. The smallest absolute Gasteiger partial charge is 0.224 e. The van der Waals surface area contributed by atoms with Gasteiger partial charge in [0.05, 0.1) is 6.42 Å². The van der Waals surface area contributed by atoms with Crippen LogP contribution in [0.3, 0.4) is 0 Å². The predicted octanol–water partition coefficient (Wildman–Crippen LogP) is 2.82. The quantitative estimate of drug-likeness (QED) is 0.779. The van der Waals surface area contributed by atoms with E-state index >= 15 is 0 Å². The number of amides is 1. The lowest BCUT2D eigenvalue weighted by molar-refractivity contribution is -0.119. The van der Waals surface area contributed by atoms with Crippen molar-refractivity contribution >= 4 is 11.6 Å². The van der Waals surface area contributed by atoms with E-state index < -0.39 is 0 Å². The number of anilines is 1. The van der Waals surface area contributed by atoms with Gasteiger partial charge in [0, 0.05) is 19.3 Å². The number of rotatable bonds is 7. The standard InChI is InChI=1S/C15H24N2O/c1-4-5-12(2)11-17-14-8-6-13(7-9-14)10-15(18)16-3/h6-9,12,17H,4-5,10-11H2,1-3H3,(H,16,18). The zero-order valence-corrected chi connectivity index (χ0v) is 11.6. The maximum Gasteiger partial charge on any atom is 0.224 e. The molecule has 0 aliphatic heterocycles. The lowest BCUT2D eigenvalue weighted by Gasteiger charge is -2.12. The van der Waals surface area contributed by atoms with Crippen LogP contribution in [0.1, 0.15) is 32.3 Å². The maximum absolute atomic E-state index is 11.2. The number of likely N-dealkylation sites (N-methyl/N-ethyl adjacent to an activating group) is 1. The molecule has 1 aromatic rings.